The number of carboxylic acids is 1. The average molecular weight is 1030 g/mol. The molecule has 17 N–H and O–H groups in total. The van der Waals surface area contributed by atoms with Crippen LogP contribution < -0.4 is 59.7 Å². The number of benzene rings is 1. The summed E-state index contributed by atoms with van der Waals surface area (Å²) in [5.74, 6) is -9.24. The lowest BCUT2D eigenvalue weighted by Crippen LogP contribution is -2.61. The zero-order valence-electron chi connectivity index (χ0n) is 39.7. The highest BCUT2D eigenvalue weighted by molar-refractivity contribution is 8.76. The van der Waals surface area contributed by atoms with Crippen molar-refractivity contribution < 1.29 is 58.2 Å². The topological polar surface area (TPSA) is 414 Å². The van der Waals surface area contributed by atoms with E-state index in [1.165, 1.54) is 43.7 Å². The fourth-order valence-electron chi connectivity index (χ4n) is 7.07. The van der Waals surface area contributed by atoms with Crippen molar-refractivity contribution in [3.63, 3.8) is 0 Å². The Balaban J connectivity index is 2.08. The molecular formula is C44H67N13O12S2. The molecule has 1 unspecified atom stereocenters. The van der Waals surface area contributed by atoms with Gasteiger partial charge >= 0.3 is 5.97 Å². The first-order valence-electron chi connectivity index (χ1n) is 23.2. The molecule has 1 aromatic carbocycles. The van der Waals surface area contributed by atoms with Crippen LogP contribution in [0.3, 0.4) is 0 Å². The molecule has 2 aromatic rings. The highest BCUT2D eigenvalue weighted by Gasteiger charge is 2.35. The van der Waals surface area contributed by atoms with Crippen LogP contribution in [0.4, 0.5) is 0 Å². The van der Waals surface area contributed by atoms with Gasteiger partial charge in [-0.2, -0.15) is 0 Å². The minimum Gasteiger partial charge on any atom is -0.508 e. The summed E-state index contributed by atoms with van der Waals surface area (Å²) in [7, 11) is 1.91. The van der Waals surface area contributed by atoms with E-state index in [2.05, 4.69) is 52.5 Å². The van der Waals surface area contributed by atoms with Gasteiger partial charge in [0.05, 0.1) is 6.33 Å². The van der Waals surface area contributed by atoms with E-state index in [4.69, 9.17) is 17.2 Å². The van der Waals surface area contributed by atoms with E-state index in [9.17, 15) is 58.2 Å². The van der Waals surface area contributed by atoms with Gasteiger partial charge in [-0.1, -0.05) is 40.6 Å². The summed E-state index contributed by atoms with van der Waals surface area (Å²) < 4.78 is 0. The molecule has 2 heterocycles. The van der Waals surface area contributed by atoms with Crippen LogP contribution in [0, 0.1) is 0 Å². The molecule has 1 aliphatic rings. The normalized spacial score (nSPS) is 20.5. The van der Waals surface area contributed by atoms with Crippen LogP contribution in [0.25, 0.3) is 0 Å². The molecule has 27 heteroatoms. The fraction of sp³-hybridized carbons (Fsp3) is 0.568. The number of primary amides is 1. The lowest BCUT2D eigenvalue weighted by Gasteiger charge is -2.27. The monoisotopic (exact) mass is 1030 g/mol. The number of rotatable bonds is 24. The number of nitrogens with one attached hydrogen (secondary N) is 9. The number of nitrogens with zero attached hydrogens (tertiary/aromatic N) is 1. The lowest BCUT2D eigenvalue weighted by atomic mass is 10.0. The Hall–Kier alpha value is -6.45. The number of aromatic amines is 1. The number of amides is 9. The predicted molar refractivity (Wildman–Crippen MR) is 262 cm³/mol. The number of unbranched alkanes of at least 4 members (excludes halogenated alkanes) is 2. The molecule has 25 nitrogen and oxygen atoms in total. The van der Waals surface area contributed by atoms with Gasteiger partial charge in [-0.25, -0.2) is 9.78 Å². The van der Waals surface area contributed by atoms with Crippen molar-refractivity contribution >= 4 is 80.7 Å². The predicted octanol–water partition coefficient (Wildman–Crippen LogP) is -2.79. The first-order chi connectivity index (χ1) is 33.8. The van der Waals surface area contributed by atoms with E-state index in [-0.39, 0.29) is 62.3 Å². The molecule has 0 spiro atoms. The molecule has 0 aliphatic carbocycles. The van der Waals surface area contributed by atoms with Gasteiger partial charge in [0.1, 0.15) is 54.1 Å². The summed E-state index contributed by atoms with van der Waals surface area (Å²) in [6.45, 7) is 3.48. The summed E-state index contributed by atoms with van der Waals surface area (Å²) in [5, 5.41) is 40.6. The van der Waals surface area contributed by atoms with Gasteiger partial charge in [-0.05, 0) is 82.2 Å². The number of carbonyl (C=O) groups excluding carboxylic acids is 9. The zero-order chi connectivity index (χ0) is 52.5. The summed E-state index contributed by atoms with van der Waals surface area (Å²) >= 11 is 0. The summed E-state index contributed by atoms with van der Waals surface area (Å²) in [4.78, 5) is 141. The number of hydrogen-bond donors (Lipinski definition) is 14. The number of nitrogens with two attached hydrogens (primary N) is 3. The van der Waals surface area contributed by atoms with Gasteiger partial charge in [0, 0.05) is 49.6 Å². The zero-order valence-corrected chi connectivity index (χ0v) is 41.3. The van der Waals surface area contributed by atoms with Crippen molar-refractivity contribution in [3.8, 4) is 5.75 Å². The van der Waals surface area contributed by atoms with Crippen molar-refractivity contribution in [1.29, 1.82) is 0 Å². The van der Waals surface area contributed by atoms with Gasteiger partial charge in [0.2, 0.25) is 53.2 Å². The van der Waals surface area contributed by atoms with Crippen molar-refractivity contribution in [2.75, 3.05) is 24.6 Å². The highest BCUT2D eigenvalue weighted by Crippen LogP contribution is 2.24. The van der Waals surface area contributed by atoms with Crippen LogP contribution in [0.1, 0.15) is 82.9 Å². The summed E-state index contributed by atoms with van der Waals surface area (Å²) in [5.41, 5.74) is 17.5. The molecule has 9 amide bonds. The van der Waals surface area contributed by atoms with Crippen LogP contribution in [-0.4, -0.2) is 152 Å². The van der Waals surface area contributed by atoms with E-state index in [1.807, 2.05) is 0 Å². The second-order valence-corrected chi connectivity index (χ2v) is 19.3. The summed E-state index contributed by atoms with van der Waals surface area (Å²) in [6, 6.07) is -5.16. The maximum absolute atomic E-state index is 14.3. The maximum Gasteiger partial charge on any atom is 0.326 e. The van der Waals surface area contributed by atoms with E-state index in [0.29, 0.717) is 43.5 Å². The number of carbonyl (C=O) groups is 10. The number of carboxylic acid groups (broad SMARTS) is 1. The second kappa shape index (κ2) is 31.0. The van der Waals surface area contributed by atoms with E-state index < -0.39 is 114 Å². The molecule has 1 fully saturated rings. The Bertz CT molecular complexity index is 2120. The third-order valence-corrected chi connectivity index (χ3v) is 13.4. The number of aromatic hydroxyl groups is 1. The SMILES string of the molecule is CCC1NC(=O)[C@@H](NC(=O)[C@H](CCCCN)NC(=O)[C@H](CCCCN)NC(C)=O)CSSC[C@@H](C(=O)N[C@@H](CCC(N)=O)C(=O)O)NC(=O)[C@H](Cc2cnc[nH]2)NC(=O)[C@H](Cc2ccc(O)cc2)NC1=O. The van der Waals surface area contributed by atoms with E-state index in [1.54, 1.807) is 6.92 Å². The third-order valence-electron chi connectivity index (χ3n) is 11.0. The first kappa shape index (κ1) is 58.9. The molecule has 8 atom stereocenters. The Morgan fingerprint density at radius 3 is 1.87 bits per heavy atom. The standard InChI is InChI=1S/C44H67N13O12S2/c1-3-28-37(61)54-32(18-25-10-12-27(59)13-11-25)40(64)55-33(19-26-20-48-23-49-26)41(65)57-35(43(67)53-31(44(68)69)14-15-36(47)60)22-71-70-21-34(42(66)51-28)56-39(63)30(9-5-7-17-46)52-38(62)29(50-24(2)58)8-4-6-16-45/h10-13,20,23,28-35,59H,3-9,14-19,21-22,45-46H2,1-2H3,(H2,47,60)(H,48,49)(H,50,58)(H,51,66)(H,52,62)(H,53,67)(H,54,61)(H,55,64)(H,56,63)(H,57,65)(H,68,69)/t28?,29-,30-,31-,32-,33-,34-,35-/m0/s1. The fourth-order valence-corrected chi connectivity index (χ4v) is 9.40. The molecule has 1 saturated heterocycles. The first-order valence-corrected chi connectivity index (χ1v) is 25.6. The Kier molecular flexibility index (Phi) is 25.7. The van der Waals surface area contributed by atoms with Gasteiger partial charge in [0.15, 0.2) is 0 Å². The van der Waals surface area contributed by atoms with Gasteiger partial charge < -0.3 is 74.9 Å². The van der Waals surface area contributed by atoms with Crippen molar-refractivity contribution in [1.82, 2.24) is 52.5 Å². The highest BCUT2D eigenvalue weighted by atomic mass is 33.1. The number of aromatic nitrogens is 2. The molecule has 3 rings (SSSR count). The Labute approximate surface area is 418 Å². The Morgan fingerprint density at radius 2 is 1.31 bits per heavy atom. The molecule has 1 aliphatic heterocycles. The number of hydrogen-bond acceptors (Lipinski definition) is 16. The number of H-pyrrole nitrogens is 1. The average Bonchev–Trinajstić information content (AvgIpc) is 3.84. The largest absolute Gasteiger partial charge is 0.508 e. The minimum absolute atomic E-state index is 0.00142. The van der Waals surface area contributed by atoms with Crippen molar-refractivity contribution in [2.45, 2.75) is 133 Å². The van der Waals surface area contributed by atoms with Gasteiger partial charge in [-0.3, -0.25) is 43.2 Å². The van der Waals surface area contributed by atoms with E-state index >= 15 is 0 Å². The Morgan fingerprint density at radius 1 is 0.732 bits per heavy atom. The molecule has 0 saturated carbocycles. The molecule has 0 bridgehead atoms. The third kappa shape index (κ3) is 21.2. The van der Waals surface area contributed by atoms with Gasteiger partial charge in [0.25, 0.3) is 0 Å². The van der Waals surface area contributed by atoms with Gasteiger partial charge in [-0.15, -0.1) is 0 Å². The molecule has 392 valence electrons. The molecular weight excluding hydrogens is 967 g/mol. The smallest absolute Gasteiger partial charge is 0.326 e. The molecule has 71 heavy (non-hydrogen) atoms. The molecule has 0 radical (unpaired) electrons. The quantitative estimate of drug-likeness (QED) is 0.0373. The van der Waals surface area contributed by atoms with Crippen molar-refractivity contribution in [3.05, 3.63) is 48.0 Å². The van der Waals surface area contributed by atoms with Crippen LogP contribution in [0.2, 0.25) is 0 Å². The number of imidazole rings is 1. The molecule has 1 aromatic heterocycles. The number of aliphatic carboxylic acids is 1. The van der Waals surface area contributed by atoms with Crippen molar-refractivity contribution in [2.24, 2.45) is 17.2 Å². The maximum atomic E-state index is 14.3. The number of phenolic OH excluding ortho intramolecular Hbond substituents is 1. The van der Waals surface area contributed by atoms with Crippen LogP contribution in [0.15, 0.2) is 36.8 Å². The minimum atomic E-state index is -1.61. The van der Waals surface area contributed by atoms with E-state index in [0.717, 1.165) is 21.6 Å². The van der Waals surface area contributed by atoms with Crippen LogP contribution >= 0.6 is 21.6 Å². The summed E-state index contributed by atoms with van der Waals surface area (Å²) in [6.07, 6.45) is 3.84. The van der Waals surface area contributed by atoms with Crippen LogP contribution in [0.5, 0.6) is 5.75 Å². The van der Waals surface area contributed by atoms with Crippen LogP contribution in [-0.2, 0) is 60.8 Å². The lowest BCUT2D eigenvalue weighted by molar-refractivity contribution is -0.142. The second-order valence-electron chi connectivity index (χ2n) is 16.7. The number of phenols is 1.